The summed E-state index contributed by atoms with van der Waals surface area (Å²) in [6.07, 6.45) is 0.137. The maximum Gasteiger partial charge on any atom is 0.236 e. The molecule has 5 heteroatoms. The molecule has 2 atom stereocenters. The first kappa shape index (κ1) is 14.4. The summed E-state index contributed by atoms with van der Waals surface area (Å²) in [7, 11) is 3.26. The van der Waals surface area contributed by atoms with Crippen LogP contribution < -0.4 is 0 Å². The molecule has 1 amide bonds. The van der Waals surface area contributed by atoms with E-state index in [4.69, 9.17) is 4.74 Å². The molecule has 0 radical (unpaired) electrons. The van der Waals surface area contributed by atoms with Gasteiger partial charge in [-0.2, -0.15) is 0 Å². The summed E-state index contributed by atoms with van der Waals surface area (Å²) in [6.45, 7) is 0.551. The number of aliphatic hydroxyl groups is 1. The highest BCUT2D eigenvalue weighted by Gasteiger charge is 2.30. The number of benzene rings is 1. The van der Waals surface area contributed by atoms with Crippen LogP contribution in [0.2, 0.25) is 0 Å². The van der Waals surface area contributed by atoms with E-state index in [1.807, 2.05) is 18.2 Å². The molecule has 104 valence electrons. The molecule has 0 aliphatic carbocycles. The maximum atomic E-state index is 12.3. The molecule has 1 aliphatic rings. The fraction of sp³-hybridized carbons (Fsp3) is 0.500. The molecule has 0 fully saturated rings. The van der Waals surface area contributed by atoms with Crippen LogP contribution >= 0.6 is 11.8 Å². The Morgan fingerprint density at radius 2 is 2.32 bits per heavy atom. The van der Waals surface area contributed by atoms with Gasteiger partial charge in [-0.15, -0.1) is 11.8 Å². The smallest absolute Gasteiger partial charge is 0.236 e. The van der Waals surface area contributed by atoms with Crippen LogP contribution in [0.5, 0.6) is 0 Å². The van der Waals surface area contributed by atoms with Gasteiger partial charge in [0.25, 0.3) is 0 Å². The van der Waals surface area contributed by atoms with E-state index >= 15 is 0 Å². The van der Waals surface area contributed by atoms with Gasteiger partial charge >= 0.3 is 0 Å². The lowest BCUT2D eigenvalue weighted by Gasteiger charge is -2.23. The Balaban J connectivity index is 1.91. The second-order valence-corrected chi connectivity index (χ2v) is 5.99. The molecule has 1 aromatic rings. The van der Waals surface area contributed by atoms with Crippen LogP contribution in [0.15, 0.2) is 29.2 Å². The number of carbonyl (C=O) groups excluding carboxylic acids is 1. The standard InChI is InChI=1S/C14H19NO3S/c1-15(8-11(16)9-18-2)14(17)13-7-10-5-3-4-6-12(10)19-13/h3-6,11,13,16H,7-9H2,1-2H3. The third-order valence-electron chi connectivity index (χ3n) is 3.14. The minimum atomic E-state index is -0.632. The zero-order valence-corrected chi connectivity index (χ0v) is 12.0. The van der Waals surface area contributed by atoms with Crippen molar-refractivity contribution < 1.29 is 14.6 Å². The Hall–Kier alpha value is -1.04. The summed E-state index contributed by atoms with van der Waals surface area (Å²) >= 11 is 1.61. The van der Waals surface area contributed by atoms with Gasteiger partial charge in [0.15, 0.2) is 0 Å². The Labute approximate surface area is 117 Å². The molecule has 0 aromatic heterocycles. The van der Waals surface area contributed by atoms with Crippen LogP contribution in [0.25, 0.3) is 0 Å². The molecule has 0 saturated heterocycles. The second kappa shape index (κ2) is 6.41. The number of fused-ring (bicyclic) bond motifs is 1. The predicted octanol–water partition coefficient (Wildman–Crippen LogP) is 1.17. The number of amides is 1. The summed E-state index contributed by atoms with van der Waals surface area (Å²) in [5.74, 6) is 0.0661. The van der Waals surface area contributed by atoms with Gasteiger partial charge in [-0.3, -0.25) is 4.79 Å². The summed E-state index contributed by atoms with van der Waals surface area (Å²) in [4.78, 5) is 15.1. The maximum absolute atomic E-state index is 12.3. The van der Waals surface area contributed by atoms with Gasteiger partial charge in [-0.25, -0.2) is 0 Å². The van der Waals surface area contributed by atoms with Gasteiger partial charge in [-0.1, -0.05) is 18.2 Å². The normalized spacial score (nSPS) is 19.0. The first-order chi connectivity index (χ1) is 9.11. The van der Waals surface area contributed by atoms with Crippen molar-refractivity contribution in [2.75, 3.05) is 27.3 Å². The van der Waals surface area contributed by atoms with E-state index in [1.165, 1.54) is 17.6 Å². The molecule has 2 rings (SSSR count). The highest BCUT2D eigenvalue weighted by Crippen LogP contribution is 2.37. The van der Waals surface area contributed by atoms with Crippen LogP contribution in [-0.2, 0) is 16.0 Å². The monoisotopic (exact) mass is 281 g/mol. The van der Waals surface area contributed by atoms with Gasteiger partial charge in [0, 0.05) is 25.6 Å². The lowest BCUT2D eigenvalue weighted by Crippen LogP contribution is -2.40. The average Bonchev–Trinajstić information content (AvgIpc) is 2.81. The molecule has 0 spiro atoms. The van der Waals surface area contributed by atoms with E-state index in [-0.39, 0.29) is 17.8 Å². The minimum absolute atomic E-state index is 0.0661. The number of hydrogen-bond acceptors (Lipinski definition) is 4. The Morgan fingerprint density at radius 3 is 3.00 bits per heavy atom. The van der Waals surface area contributed by atoms with Crippen molar-refractivity contribution in [3.63, 3.8) is 0 Å². The highest BCUT2D eigenvalue weighted by molar-refractivity contribution is 8.01. The SMILES string of the molecule is COCC(O)CN(C)C(=O)C1Cc2ccccc2S1. The van der Waals surface area contributed by atoms with Gasteiger partial charge in [0.05, 0.1) is 18.0 Å². The third kappa shape index (κ3) is 3.49. The Bertz CT molecular complexity index is 427. The fourth-order valence-electron chi connectivity index (χ4n) is 2.22. The van der Waals surface area contributed by atoms with E-state index in [9.17, 15) is 9.90 Å². The third-order valence-corrected chi connectivity index (χ3v) is 4.45. The Kier molecular flexibility index (Phi) is 4.85. The Morgan fingerprint density at radius 1 is 1.58 bits per heavy atom. The fourth-order valence-corrected chi connectivity index (χ4v) is 3.53. The molecule has 1 N–H and O–H groups in total. The number of aliphatic hydroxyl groups excluding tert-OH is 1. The summed E-state index contributed by atoms with van der Waals surface area (Å²) in [5, 5.41) is 9.59. The number of likely N-dealkylation sites (N-methyl/N-ethyl adjacent to an activating group) is 1. The molecule has 4 nitrogen and oxygen atoms in total. The van der Waals surface area contributed by atoms with Gasteiger partial charge in [-0.05, 0) is 18.1 Å². The van der Waals surface area contributed by atoms with E-state index < -0.39 is 6.10 Å². The van der Waals surface area contributed by atoms with Crippen LogP contribution in [0, 0.1) is 0 Å². The average molecular weight is 281 g/mol. The summed E-state index contributed by atoms with van der Waals surface area (Å²) in [6, 6.07) is 8.10. The number of rotatable bonds is 5. The van der Waals surface area contributed by atoms with Crippen LogP contribution in [0.3, 0.4) is 0 Å². The van der Waals surface area contributed by atoms with Crippen molar-refractivity contribution in [3.05, 3.63) is 29.8 Å². The lowest BCUT2D eigenvalue weighted by atomic mass is 10.1. The van der Waals surface area contributed by atoms with E-state index in [1.54, 1.807) is 23.7 Å². The zero-order chi connectivity index (χ0) is 13.8. The number of carbonyl (C=O) groups is 1. The van der Waals surface area contributed by atoms with E-state index in [2.05, 4.69) is 6.07 Å². The van der Waals surface area contributed by atoms with Gasteiger partial charge in [0.1, 0.15) is 0 Å². The quantitative estimate of drug-likeness (QED) is 0.880. The second-order valence-electron chi connectivity index (χ2n) is 4.75. The van der Waals surface area contributed by atoms with Crippen molar-refractivity contribution in [2.45, 2.75) is 22.7 Å². The van der Waals surface area contributed by atoms with Gasteiger partial charge in [0.2, 0.25) is 5.91 Å². The van der Waals surface area contributed by atoms with E-state index in [0.717, 1.165) is 6.42 Å². The van der Waals surface area contributed by atoms with Crippen LogP contribution in [-0.4, -0.2) is 54.6 Å². The number of methoxy groups -OCH3 is 1. The first-order valence-electron chi connectivity index (χ1n) is 6.28. The molecule has 2 unspecified atom stereocenters. The number of thioether (sulfide) groups is 1. The molecular weight excluding hydrogens is 262 g/mol. The molecule has 19 heavy (non-hydrogen) atoms. The minimum Gasteiger partial charge on any atom is -0.389 e. The van der Waals surface area contributed by atoms with Crippen LogP contribution in [0.4, 0.5) is 0 Å². The zero-order valence-electron chi connectivity index (χ0n) is 11.2. The van der Waals surface area contributed by atoms with E-state index in [0.29, 0.717) is 6.54 Å². The molecule has 1 heterocycles. The molecule has 1 aromatic carbocycles. The molecule has 1 aliphatic heterocycles. The summed E-state index contributed by atoms with van der Waals surface area (Å²) in [5.41, 5.74) is 1.23. The lowest BCUT2D eigenvalue weighted by molar-refractivity contribution is -0.130. The summed E-state index contributed by atoms with van der Waals surface area (Å²) < 4.78 is 4.87. The largest absolute Gasteiger partial charge is 0.389 e. The van der Waals surface area contributed by atoms with Crippen molar-refractivity contribution in [2.24, 2.45) is 0 Å². The molecule has 0 bridgehead atoms. The molecular formula is C14H19NO3S. The first-order valence-corrected chi connectivity index (χ1v) is 7.16. The van der Waals surface area contributed by atoms with Crippen molar-refractivity contribution >= 4 is 17.7 Å². The van der Waals surface area contributed by atoms with Crippen molar-refractivity contribution in [1.29, 1.82) is 0 Å². The molecule has 0 saturated carbocycles. The predicted molar refractivity (Wildman–Crippen MR) is 75.3 cm³/mol. The van der Waals surface area contributed by atoms with Crippen LogP contribution in [0.1, 0.15) is 5.56 Å². The number of ether oxygens (including phenoxy) is 1. The topological polar surface area (TPSA) is 49.8 Å². The van der Waals surface area contributed by atoms with Crippen molar-refractivity contribution in [3.8, 4) is 0 Å². The number of hydrogen-bond donors (Lipinski definition) is 1. The van der Waals surface area contributed by atoms with Gasteiger partial charge < -0.3 is 14.7 Å². The van der Waals surface area contributed by atoms with Crippen molar-refractivity contribution in [1.82, 2.24) is 4.90 Å². The number of nitrogens with zero attached hydrogens (tertiary/aromatic N) is 1. The highest BCUT2D eigenvalue weighted by atomic mass is 32.2.